The largest absolute Gasteiger partial charge is 0.497 e. The summed E-state index contributed by atoms with van der Waals surface area (Å²) in [4.78, 5) is 28.3. The normalized spacial score (nSPS) is 11.8. The first-order valence-corrected chi connectivity index (χ1v) is 14.6. The Bertz CT molecular complexity index is 1420. The smallest absolute Gasteiger partial charge is 0.264 e. The van der Waals surface area contributed by atoms with E-state index in [1.165, 1.54) is 49.5 Å². The van der Waals surface area contributed by atoms with Gasteiger partial charge in [-0.3, -0.25) is 13.9 Å². The molecule has 3 aromatic carbocycles. The summed E-state index contributed by atoms with van der Waals surface area (Å²) in [5.74, 6) is 0.0280. The van der Waals surface area contributed by atoms with E-state index in [0.717, 1.165) is 10.7 Å². The van der Waals surface area contributed by atoms with E-state index in [4.69, 9.17) is 21.1 Å². The molecule has 0 aliphatic heterocycles. The van der Waals surface area contributed by atoms with E-state index in [9.17, 15) is 18.0 Å². The topological polar surface area (TPSA) is 105 Å². The summed E-state index contributed by atoms with van der Waals surface area (Å²) in [6.07, 6.45) is 0.726. The highest BCUT2D eigenvalue weighted by Crippen LogP contribution is 2.32. The number of ether oxygens (including phenoxy) is 2. The molecule has 2 amide bonds. The van der Waals surface area contributed by atoms with E-state index in [0.29, 0.717) is 23.6 Å². The highest BCUT2D eigenvalue weighted by atomic mass is 35.5. The number of rotatable bonds is 13. The monoisotopic (exact) mass is 587 g/mol. The van der Waals surface area contributed by atoms with Crippen LogP contribution < -0.4 is 19.1 Å². The summed E-state index contributed by atoms with van der Waals surface area (Å²) >= 11 is 6.34. The molecule has 9 nitrogen and oxygen atoms in total. The summed E-state index contributed by atoms with van der Waals surface area (Å²) in [5, 5.41) is 3.00. The number of hydrogen-bond acceptors (Lipinski definition) is 6. The first kappa shape index (κ1) is 30.8. The second-order valence-electron chi connectivity index (χ2n) is 8.98. The van der Waals surface area contributed by atoms with Crippen molar-refractivity contribution in [2.24, 2.45) is 0 Å². The average Bonchev–Trinajstić information content (AvgIpc) is 2.97. The molecule has 0 aliphatic rings. The summed E-state index contributed by atoms with van der Waals surface area (Å²) in [6, 6.07) is 18.5. The zero-order chi connectivity index (χ0) is 29.3. The van der Waals surface area contributed by atoms with Crippen molar-refractivity contribution >= 4 is 39.1 Å². The molecule has 1 atom stereocenters. The number of carbonyl (C=O) groups excluding carboxylic acids is 2. The van der Waals surface area contributed by atoms with Gasteiger partial charge in [0.1, 0.15) is 24.1 Å². The van der Waals surface area contributed by atoms with Crippen molar-refractivity contribution in [3.63, 3.8) is 0 Å². The number of methoxy groups -OCH3 is 2. The fraction of sp³-hybridized carbons (Fsp3) is 0.310. The van der Waals surface area contributed by atoms with Crippen LogP contribution in [0.3, 0.4) is 0 Å². The zero-order valence-electron chi connectivity index (χ0n) is 23.0. The molecule has 0 aliphatic carbocycles. The minimum atomic E-state index is -4.20. The number of nitrogens with one attached hydrogen (secondary N) is 1. The lowest BCUT2D eigenvalue weighted by Crippen LogP contribution is -2.51. The Hall–Kier alpha value is -3.76. The fourth-order valence-electron chi connectivity index (χ4n) is 4.00. The molecule has 0 aromatic heterocycles. The number of amides is 2. The third kappa shape index (κ3) is 7.45. The van der Waals surface area contributed by atoms with Crippen molar-refractivity contribution in [1.29, 1.82) is 0 Å². The second kappa shape index (κ2) is 14.0. The van der Waals surface area contributed by atoms with Crippen molar-refractivity contribution in [3.05, 3.63) is 83.4 Å². The van der Waals surface area contributed by atoms with Gasteiger partial charge in [-0.1, -0.05) is 48.9 Å². The Labute approximate surface area is 240 Å². The van der Waals surface area contributed by atoms with Gasteiger partial charge in [-0.15, -0.1) is 0 Å². The second-order valence-corrected chi connectivity index (χ2v) is 11.3. The summed E-state index contributed by atoms with van der Waals surface area (Å²) in [5.41, 5.74) is 0.889. The van der Waals surface area contributed by atoms with Crippen LogP contribution in [0.1, 0.15) is 25.8 Å². The molecule has 214 valence electrons. The van der Waals surface area contributed by atoms with Gasteiger partial charge < -0.3 is 19.7 Å². The Morgan fingerprint density at radius 1 is 0.975 bits per heavy atom. The molecule has 0 fully saturated rings. The van der Waals surface area contributed by atoms with Crippen LogP contribution >= 0.6 is 11.6 Å². The third-order valence-corrected chi connectivity index (χ3v) is 8.32. The maximum absolute atomic E-state index is 13.9. The predicted octanol–water partition coefficient (Wildman–Crippen LogP) is 4.50. The molecule has 0 heterocycles. The molecule has 3 rings (SSSR count). The molecule has 1 N–H and O–H groups in total. The van der Waals surface area contributed by atoms with Gasteiger partial charge in [-0.05, 0) is 61.4 Å². The molecule has 0 bridgehead atoms. The maximum atomic E-state index is 13.9. The first-order chi connectivity index (χ1) is 19.1. The molecular weight excluding hydrogens is 554 g/mol. The molecule has 0 saturated heterocycles. The minimum absolute atomic E-state index is 0.00261. The molecule has 40 heavy (non-hydrogen) atoms. The number of anilines is 1. The molecule has 3 aromatic rings. The van der Waals surface area contributed by atoms with E-state index < -0.39 is 28.5 Å². The molecule has 0 saturated carbocycles. The number of benzene rings is 3. The van der Waals surface area contributed by atoms with Crippen LogP contribution in [0.25, 0.3) is 0 Å². The fourth-order valence-corrected chi connectivity index (χ4v) is 5.68. The minimum Gasteiger partial charge on any atom is -0.497 e. The highest BCUT2D eigenvalue weighted by Gasteiger charge is 2.32. The van der Waals surface area contributed by atoms with Crippen molar-refractivity contribution in [3.8, 4) is 11.5 Å². The number of carbonyl (C=O) groups is 2. The van der Waals surface area contributed by atoms with E-state index in [-0.39, 0.29) is 28.1 Å². The molecule has 11 heteroatoms. The Kier molecular flexibility index (Phi) is 10.8. The van der Waals surface area contributed by atoms with Crippen LogP contribution in [-0.4, -0.2) is 58.5 Å². The lowest BCUT2D eigenvalue weighted by Gasteiger charge is -2.32. The summed E-state index contributed by atoms with van der Waals surface area (Å²) in [7, 11) is -1.21. The van der Waals surface area contributed by atoms with Gasteiger partial charge in [-0.25, -0.2) is 8.42 Å². The van der Waals surface area contributed by atoms with Crippen molar-refractivity contribution < 1.29 is 27.5 Å². The predicted molar refractivity (Wildman–Crippen MR) is 155 cm³/mol. The van der Waals surface area contributed by atoms with Crippen LogP contribution in [0, 0.1) is 0 Å². The standard InChI is InChI=1S/C29H34ClN3O6S/c1-5-16-31-29(35)21(2)32(19-22-10-9-11-24(17-22)38-3)28(34)20-33(23-14-15-27(39-4)26(30)18-23)40(36,37)25-12-7-6-8-13-25/h6-15,17-18,21H,5,16,19-20H2,1-4H3,(H,31,35)/t21-/m0/s1. The molecule has 0 radical (unpaired) electrons. The maximum Gasteiger partial charge on any atom is 0.264 e. The number of nitrogens with zero attached hydrogens (tertiary/aromatic N) is 2. The van der Waals surface area contributed by atoms with Crippen LogP contribution in [0.5, 0.6) is 11.5 Å². The molecule has 0 unspecified atom stereocenters. The van der Waals surface area contributed by atoms with Crippen LogP contribution in [0.4, 0.5) is 5.69 Å². The number of halogens is 1. The number of hydrogen-bond donors (Lipinski definition) is 1. The van der Waals surface area contributed by atoms with Crippen LogP contribution in [-0.2, 0) is 26.2 Å². The van der Waals surface area contributed by atoms with Crippen molar-refractivity contribution in [2.45, 2.75) is 37.8 Å². The van der Waals surface area contributed by atoms with E-state index in [2.05, 4.69) is 5.32 Å². The van der Waals surface area contributed by atoms with Gasteiger partial charge >= 0.3 is 0 Å². The quantitative estimate of drug-likeness (QED) is 0.316. The van der Waals surface area contributed by atoms with Crippen molar-refractivity contribution in [2.75, 3.05) is 31.6 Å². The van der Waals surface area contributed by atoms with E-state index >= 15 is 0 Å². The van der Waals surface area contributed by atoms with Gasteiger partial charge in [0.2, 0.25) is 11.8 Å². The van der Waals surface area contributed by atoms with Crippen LogP contribution in [0.2, 0.25) is 5.02 Å². The van der Waals surface area contributed by atoms with E-state index in [1.807, 2.05) is 6.92 Å². The van der Waals surface area contributed by atoms with Gasteiger partial charge in [0.05, 0.1) is 29.8 Å². The average molecular weight is 588 g/mol. The zero-order valence-corrected chi connectivity index (χ0v) is 24.5. The van der Waals surface area contributed by atoms with Crippen molar-refractivity contribution in [1.82, 2.24) is 10.2 Å². The molecule has 0 spiro atoms. The van der Waals surface area contributed by atoms with Gasteiger partial charge in [0.25, 0.3) is 10.0 Å². The lowest BCUT2D eigenvalue weighted by molar-refractivity contribution is -0.139. The third-order valence-electron chi connectivity index (χ3n) is 6.24. The highest BCUT2D eigenvalue weighted by molar-refractivity contribution is 7.92. The van der Waals surface area contributed by atoms with E-state index in [1.54, 1.807) is 49.4 Å². The van der Waals surface area contributed by atoms with Gasteiger partial charge in [0.15, 0.2) is 0 Å². The van der Waals surface area contributed by atoms with Gasteiger partial charge in [0, 0.05) is 13.1 Å². The summed E-state index contributed by atoms with van der Waals surface area (Å²) in [6.45, 7) is 3.47. The van der Waals surface area contributed by atoms with Gasteiger partial charge in [-0.2, -0.15) is 0 Å². The summed E-state index contributed by atoms with van der Waals surface area (Å²) < 4.78 is 39.2. The first-order valence-electron chi connectivity index (χ1n) is 12.7. The number of sulfonamides is 1. The van der Waals surface area contributed by atoms with Crippen LogP contribution in [0.15, 0.2) is 77.7 Å². The lowest BCUT2D eigenvalue weighted by atomic mass is 10.1. The molecular formula is C29H34ClN3O6S. The SMILES string of the molecule is CCCNC(=O)[C@H](C)N(Cc1cccc(OC)c1)C(=O)CN(c1ccc(OC)c(Cl)c1)S(=O)(=O)c1ccccc1. The Morgan fingerprint density at radius 2 is 1.70 bits per heavy atom. The Morgan fingerprint density at radius 3 is 2.33 bits per heavy atom. The Balaban J connectivity index is 2.05.